The van der Waals surface area contributed by atoms with Crippen LogP contribution in [0, 0.1) is 11.8 Å². The lowest BCUT2D eigenvalue weighted by molar-refractivity contribution is 0.149. The Bertz CT molecular complexity index is 237. The van der Waals surface area contributed by atoms with E-state index in [4.69, 9.17) is 5.73 Å². The number of rotatable bonds is 11. The van der Waals surface area contributed by atoms with Gasteiger partial charge in [0.15, 0.2) is 0 Å². The van der Waals surface area contributed by atoms with Gasteiger partial charge < -0.3 is 10.8 Å². The van der Waals surface area contributed by atoms with E-state index in [-0.39, 0.29) is 6.10 Å². The van der Waals surface area contributed by atoms with Crippen molar-refractivity contribution in [1.82, 2.24) is 0 Å². The van der Waals surface area contributed by atoms with Crippen molar-refractivity contribution < 1.29 is 5.11 Å². The summed E-state index contributed by atoms with van der Waals surface area (Å²) in [5, 5.41) is 11.1. The Kier molecular flexibility index (Phi) is 11.6. The largest absolute Gasteiger partial charge is 0.392 e. The monoisotopic (exact) mass is 321 g/mol. The average Bonchev–Trinajstić information content (AvgIpc) is 2.38. The first-order valence-electron chi connectivity index (χ1n) is 7.90. The standard InChI is InChI=1S/C16H35NOS2/c1-11(2)16(18)10-20-14(6)8-7-13(5)15(17)9-19-12(3)4/h11-16,18H,7-10,17H2,1-6H3. The maximum absolute atomic E-state index is 9.82. The first kappa shape index (κ1) is 20.6. The van der Waals surface area contributed by atoms with Crippen molar-refractivity contribution in [2.45, 2.75) is 77.0 Å². The minimum absolute atomic E-state index is 0.176. The summed E-state index contributed by atoms with van der Waals surface area (Å²) in [5.74, 6) is 2.85. The lowest BCUT2D eigenvalue weighted by atomic mass is 9.98. The summed E-state index contributed by atoms with van der Waals surface area (Å²) in [6.45, 7) is 13.1. The van der Waals surface area contributed by atoms with Gasteiger partial charge in [-0.25, -0.2) is 0 Å². The second-order valence-electron chi connectivity index (χ2n) is 6.56. The predicted molar refractivity (Wildman–Crippen MR) is 96.7 cm³/mol. The molecule has 4 unspecified atom stereocenters. The molecule has 20 heavy (non-hydrogen) atoms. The molecule has 0 amide bonds. The molecule has 0 aromatic rings. The van der Waals surface area contributed by atoms with Gasteiger partial charge in [-0.3, -0.25) is 0 Å². The van der Waals surface area contributed by atoms with Crippen LogP contribution in [-0.4, -0.2) is 39.3 Å². The lowest BCUT2D eigenvalue weighted by Gasteiger charge is -2.22. The summed E-state index contributed by atoms with van der Waals surface area (Å²) in [5.41, 5.74) is 6.25. The van der Waals surface area contributed by atoms with E-state index < -0.39 is 0 Å². The van der Waals surface area contributed by atoms with E-state index in [1.807, 2.05) is 23.5 Å². The SMILES string of the molecule is CC(C)SCC(N)C(C)CCC(C)SCC(O)C(C)C. The van der Waals surface area contributed by atoms with Crippen molar-refractivity contribution in [3.63, 3.8) is 0 Å². The van der Waals surface area contributed by atoms with Crippen molar-refractivity contribution in [2.24, 2.45) is 17.6 Å². The maximum Gasteiger partial charge on any atom is 0.0653 e. The molecule has 4 heteroatoms. The third kappa shape index (κ3) is 10.4. The van der Waals surface area contributed by atoms with E-state index in [0.717, 1.165) is 11.5 Å². The average molecular weight is 322 g/mol. The van der Waals surface area contributed by atoms with E-state index in [9.17, 15) is 5.11 Å². The van der Waals surface area contributed by atoms with Crippen LogP contribution < -0.4 is 5.73 Å². The van der Waals surface area contributed by atoms with E-state index in [1.54, 1.807) is 0 Å². The third-order valence-electron chi connectivity index (χ3n) is 3.70. The molecule has 0 rings (SSSR count). The summed E-state index contributed by atoms with van der Waals surface area (Å²) in [7, 11) is 0. The zero-order valence-electron chi connectivity index (χ0n) is 14.1. The zero-order chi connectivity index (χ0) is 15.7. The molecule has 2 nitrogen and oxygen atoms in total. The Morgan fingerprint density at radius 3 is 2.00 bits per heavy atom. The van der Waals surface area contributed by atoms with Crippen LogP contribution in [0.4, 0.5) is 0 Å². The number of thioether (sulfide) groups is 2. The molecule has 0 aliphatic heterocycles. The Labute approximate surface area is 135 Å². The highest BCUT2D eigenvalue weighted by atomic mass is 32.2. The molecule has 0 radical (unpaired) electrons. The molecular formula is C16H35NOS2. The highest BCUT2D eigenvalue weighted by Gasteiger charge is 2.16. The summed E-state index contributed by atoms with van der Waals surface area (Å²) in [4.78, 5) is 0. The minimum Gasteiger partial charge on any atom is -0.392 e. The van der Waals surface area contributed by atoms with Gasteiger partial charge in [-0.2, -0.15) is 23.5 Å². The van der Waals surface area contributed by atoms with Crippen LogP contribution >= 0.6 is 23.5 Å². The Morgan fingerprint density at radius 2 is 1.50 bits per heavy atom. The molecule has 0 aromatic carbocycles. The van der Waals surface area contributed by atoms with Crippen molar-refractivity contribution in [1.29, 1.82) is 0 Å². The number of hydrogen-bond donors (Lipinski definition) is 2. The van der Waals surface area contributed by atoms with E-state index >= 15 is 0 Å². The first-order valence-corrected chi connectivity index (χ1v) is 10.0. The van der Waals surface area contributed by atoms with Crippen LogP contribution in [0.1, 0.15) is 54.4 Å². The molecule has 0 fully saturated rings. The van der Waals surface area contributed by atoms with Crippen molar-refractivity contribution >= 4 is 23.5 Å². The molecule has 4 atom stereocenters. The van der Waals surface area contributed by atoms with Gasteiger partial charge in [-0.15, -0.1) is 0 Å². The second-order valence-corrected chi connectivity index (χ2v) is 9.64. The van der Waals surface area contributed by atoms with Gasteiger partial charge in [0.05, 0.1) is 6.10 Å². The predicted octanol–water partition coefficient (Wildman–Crippen LogP) is 4.01. The van der Waals surface area contributed by atoms with Crippen LogP contribution in [0.2, 0.25) is 0 Å². The molecule has 0 aromatic heterocycles. The fraction of sp³-hybridized carbons (Fsp3) is 1.00. The molecule has 0 aliphatic rings. The third-order valence-corrected chi connectivity index (χ3v) is 6.29. The van der Waals surface area contributed by atoms with E-state index in [1.165, 1.54) is 12.8 Å². The van der Waals surface area contributed by atoms with Gasteiger partial charge >= 0.3 is 0 Å². The Balaban J connectivity index is 3.79. The molecule has 122 valence electrons. The molecular weight excluding hydrogens is 286 g/mol. The highest BCUT2D eigenvalue weighted by Crippen LogP contribution is 2.23. The molecule has 0 saturated carbocycles. The molecule has 0 aliphatic carbocycles. The van der Waals surface area contributed by atoms with Crippen LogP contribution in [0.15, 0.2) is 0 Å². The summed E-state index contributed by atoms with van der Waals surface area (Å²) < 4.78 is 0. The van der Waals surface area contributed by atoms with Gasteiger partial charge in [-0.05, 0) is 29.9 Å². The fourth-order valence-electron chi connectivity index (χ4n) is 1.72. The lowest BCUT2D eigenvalue weighted by Crippen LogP contribution is -2.31. The zero-order valence-corrected chi connectivity index (χ0v) is 15.8. The number of aliphatic hydroxyl groups is 1. The maximum atomic E-state index is 9.82. The van der Waals surface area contributed by atoms with Gasteiger partial charge in [-0.1, -0.05) is 41.5 Å². The van der Waals surface area contributed by atoms with Crippen LogP contribution in [0.3, 0.4) is 0 Å². The molecule has 0 spiro atoms. The summed E-state index contributed by atoms with van der Waals surface area (Å²) in [6.07, 6.45) is 2.20. The van der Waals surface area contributed by atoms with Gasteiger partial charge in [0, 0.05) is 22.8 Å². The minimum atomic E-state index is -0.176. The van der Waals surface area contributed by atoms with Crippen molar-refractivity contribution in [2.75, 3.05) is 11.5 Å². The second kappa shape index (κ2) is 11.2. The van der Waals surface area contributed by atoms with Crippen molar-refractivity contribution in [3.8, 4) is 0 Å². The highest BCUT2D eigenvalue weighted by molar-refractivity contribution is 8.00. The smallest absolute Gasteiger partial charge is 0.0653 e. The number of nitrogens with two attached hydrogens (primary N) is 1. The molecule has 0 heterocycles. The van der Waals surface area contributed by atoms with Gasteiger partial charge in [0.2, 0.25) is 0 Å². The number of aliphatic hydroxyl groups excluding tert-OH is 1. The number of hydrogen-bond acceptors (Lipinski definition) is 4. The quantitative estimate of drug-likeness (QED) is 0.603. The molecule has 0 saturated heterocycles. The normalized spacial score (nSPS) is 18.3. The van der Waals surface area contributed by atoms with Crippen LogP contribution in [-0.2, 0) is 0 Å². The van der Waals surface area contributed by atoms with E-state index in [0.29, 0.717) is 28.4 Å². The van der Waals surface area contributed by atoms with Gasteiger partial charge in [0.1, 0.15) is 0 Å². The summed E-state index contributed by atoms with van der Waals surface area (Å²) >= 11 is 3.84. The van der Waals surface area contributed by atoms with Crippen LogP contribution in [0.5, 0.6) is 0 Å². The van der Waals surface area contributed by atoms with E-state index in [2.05, 4.69) is 41.5 Å². The summed E-state index contributed by atoms with van der Waals surface area (Å²) in [6, 6.07) is 0.306. The molecule has 3 N–H and O–H groups in total. The Morgan fingerprint density at radius 1 is 0.900 bits per heavy atom. The molecule has 0 bridgehead atoms. The Hall–Kier alpha value is 0.620. The van der Waals surface area contributed by atoms with Crippen LogP contribution in [0.25, 0.3) is 0 Å². The topological polar surface area (TPSA) is 46.2 Å². The van der Waals surface area contributed by atoms with Crippen molar-refractivity contribution in [3.05, 3.63) is 0 Å². The van der Waals surface area contributed by atoms with Gasteiger partial charge in [0.25, 0.3) is 0 Å². The fourth-order valence-corrected chi connectivity index (χ4v) is 3.87. The first-order chi connectivity index (χ1) is 9.23.